The van der Waals surface area contributed by atoms with Crippen molar-refractivity contribution in [1.29, 1.82) is 0 Å². The minimum Gasteiger partial charge on any atom is -0.383 e. The zero-order chi connectivity index (χ0) is 13.0. The van der Waals surface area contributed by atoms with Gasteiger partial charge in [-0.1, -0.05) is 0 Å². The van der Waals surface area contributed by atoms with Gasteiger partial charge in [-0.3, -0.25) is 0 Å². The lowest BCUT2D eigenvalue weighted by atomic mass is 10.3. The van der Waals surface area contributed by atoms with Crippen molar-refractivity contribution in [1.82, 2.24) is 9.55 Å². The van der Waals surface area contributed by atoms with E-state index < -0.39 is 9.84 Å². The third kappa shape index (κ3) is 3.33. The first-order chi connectivity index (χ1) is 8.55. The molecule has 5 nitrogen and oxygen atoms in total. The van der Waals surface area contributed by atoms with Crippen molar-refractivity contribution in [2.24, 2.45) is 0 Å². The molecule has 6 heteroatoms. The number of rotatable bonds is 5. The maximum absolute atomic E-state index is 11.3. The second-order valence-corrected chi connectivity index (χ2v) is 6.04. The van der Waals surface area contributed by atoms with Crippen LogP contribution in [0.25, 0.3) is 0 Å². The molecule has 0 aliphatic heterocycles. The van der Waals surface area contributed by atoms with Gasteiger partial charge < -0.3 is 9.88 Å². The summed E-state index contributed by atoms with van der Waals surface area (Å²) in [4.78, 5) is 4.29. The smallest absolute Gasteiger partial charge is 0.175 e. The molecule has 2 rings (SSSR count). The lowest BCUT2D eigenvalue weighted by molar-refractivity contribution is 0.602. The fraction of sp³-hybridized carbons (Fsp3) is 0.250. The zero-order valence-electron chi connectivity index (χ0n) is 10.1. The van der Waals surface area contributed by atoms with Gasteiger partial charge in [-0.2, -0.15) is 0 Å². The first-order valence-corrected chi connectivity index (χ1v) is 7.44. The molecule has 0 aliphatic carbocycles. The van der Waals surface area contributed by atoms with E-state index in [0.29, 0.717) is 4.90 Å². The number of imidazole rings is 1. The molecule has 0 spiro atoms. The first-order valence-electron chi connectivity index (χ1n) is 5.55. The number of nitrogens with zero attached hydrogens (tertiary/aromatic N) is 2. The molecule has 0 saturated heterocycles. The van der Waals surface area contributed by atoms with Crippen molar-refractivity contribution in [3.8, 4) is 0 Å². The van der Waals surface area contributed by atoms with E-state index in [2.05, 4.69) is 10.3 Å². The molecule has 1 heterocycles. The second kappa shape index (κ2) is 5.22. The van der Waals surface area contributed by atoms with Gasteiger partial charge in [-0.25, -0.2) is 13.4 Å². The minimum absolute atomic E-state index is 0.336. The maximum Gasteiger partial charge on any atom is 0.175 e. The van der Waals surface area contributed by atoms with Crippen molar-refractivity contribution in [3.63, 3.8) is 0 Å². The van der Waals surface area contributed by atoms with Crippen LogP contribution in [-0.2, 0) is 16.4 Å². The fourth-order valence-corrected chi connectivity index (χ4v) is 2.20. The Morgan fingerprint density at radius 3 is 2.56 bits per heavy atom. The van der Waals surface area contributed by atoms with Gasteiger partial charge in [0.25, 0.3) is 0 Å². The Hall–Kier alpha value is -1.82. The average Bonchev–Trinajstić information content (AvgIpc) is 2.82. The second-order valence-electron chi connectivity index (χ2n) is 4.02. The lowest BCUT2D eigenvalue weighted by Crippen LogP contribution is -2.09. The van der Waals surface area contributed by atoms with E-state index in [1.165, 1.54) is 6.26 Å². The van der Waals surface area contributed by atoms with Crippen LogP contribution in [0.15, 0.2) is 47.9 Å². The molecule has 0 radical (unpaired) electrons. The van der Waals surface area contributed by atoms with Crippen molar-refractivity contribution in [3.05, 3.63) is 43.0 Å². The zero-order valence-corrected chi connectivity index (χ0v) is 10.9. The normalized spacial score (nSPS) is 11.4. The van der Waals surface area contributed by atoms with Crippen molar-refractivity contribution < 1.29 is 8.42 Å². The maximum atomic E-state index is 11.3. The summed E-state index contributed by atoms with van der Waals surface area (Å²) in [6.45, 7) is 1.57. The molecule has 0 atom stereocenters. The van der Waals surface area contributed by atoms with Crippen molar-refractivity contribution in [2.75, 3.05) is 18.1 Å². The highest BCUT2D eigenvalue weighted by Crippen LogP contribution is 2.13. The molecule has 1 aromatic heterocycles. The van der Waals surface area contributed by atoms with Crippen LogP contribution in [0.4, 0.5) is 5.69 Å². The van der Waals surface area contributed by atoms with Crippen LogP contribution in [0, 0.1) is 0 Å². The summed E-state index contributed by atoms with van der Waals surface area (Å²) < 4.78 is 24.5. The quantitative estimate of drug-likeness (QED) is 0.887. The summed E-state index contributed by atoms with van der Waals surface area (Å²) in [5.74, 6) is 0. The van der Waals surface area contributed by atoms with Gasteiger partial charge in [0.05, 0.1) is 11.2 Å². The third-order valence-electron chi connectivity index (χ3n) is 2.54. The van der Waals surface area contributed by atoms with Crippen LogP contribution >= 0.6 is 0 Å². The molecule has 18 heavy (non-hydrogen) atoms. The van der Waals surface area contributed by atoms with Gasteiger partial charge in [0.15, 0.2) is 9.84 Å². The fourth-order valence-electron chi connectivity index (χ4n) is 1.57. The predicted octanol–water partition coefficient (Wildman–Crippen LogP) is 1.40. The monoisotopic (exact) mass is 265 g/mol. The summed E-state index contributed by atoms with van der Waals surface area (Å²) in [5.41, 5.74) is 0.905. The predicted molar refractivity (Wildman–Crippen MR) is 70.3 cm³/mol. The number of aromatic nitrogens is 2. The molecule has 0 saturated carbocycles. The Morgan fingerprint density at radius 1 is 1.28 bits per heavy atom. The average molecular weight is 265 g/mol. The highest BCUT2D eigenvalue weighted by atomic mass is 32.2. The highest BCUT2D eigenvalue weighted by molar-refractivity contribution is 7.90. The van der Waals surface area contributed by atoms with Crippen LogP contribution in [0.3, 0.4) is 0 Å². The van der Waals surface area contributed by atoms with Crippen LogP contribution in [0.1, 0.15) is 0 Å². The standard InChI is InChI=1S/C12H15N3O2S/c1-18(16,17)12-4-2-11(3-5-12)14-7-9-15-8-6-13-10-15/h2-6,8,10,14H,7,9H2,1H3. The van der Waals surface area contributed by atoms with Gasteiger partial charge >= 0.3 is 0 Å². The van der Waals surface area contributed by atoms with E-state index in [9.17, 15) is 8.42 Å². The minimum atomic E-state index is -3.12. The van der Waals surface area contributed by atoms with E-state index in [0.717, 1.165) is 18.8 Å². The molecular weight excluding hydrogens is 250 g/mol. The van der Waals surface area contributed by atoms with Crippen molar-refractivity contribution >= 4 is 15.5 Å². The number of anilines is 1. The highest BCUT2D eigenvalue weighted by Gasteiger charge is 2.05. The van der Waals surface area contributed by atoms with Gasteiger partial charge in [0.2, 0.25) is 0 Å². The summed E-state index contributed by atoms with van der Waals surface area (Å²) >= 11 is 0. The van der Waals surface area contributed by atoms with Gasteiger partial charge in [0, 0.05) is 37.4 Å². The van der Waals surface area contributed by atoms with Gasteiger partial charge in [0.1, 0.15) is 0 Å². The lowest BCUT2D eigenvalue weighted by Gasteiger charge is -2.07. The molecule has 0 aliphatic rings. The molecule has 1 aromatic carbocycles. The van der Waals surface area contributed by atoms with E-state index >= 15 is 0 Å². The van der Waals surface area contributed by atoms with Gasteiger partial charge in [-0.15, -0.1) is 0 Å². The Kier molecular flexibility index (Phi) is 3.66. The molecule has 1 N–H and O–H groups in total. The molecule has 0 unspecified atom stereocenters. The number of hydrogen-bond donors (Lipinski definition) is 1. The molecule has 2 aromatic rings. The van der Waals surface area contributed by atoms with E-state index in [1.54, 1.807) is 36.8 Å². The van der Waals surface area contributed by atoms with Crippen LogP contribution in [0.2, 0.25) is 0 Å². The largest absolute Gasteiger partial charge is 0.383 e. The summed E-state index contributed by atoms with van der Waals surface area (Å²) in [7, 11) is -3.12. The van der Waals surface area contributed by atoms with Crippen LogP contribution < -0.4 is 5.32 Å². The van der Waals surface area contributed by atoms with E-state index in [-0.39, 0.29) is 0 Å². The topological polar surface area (TPSA) is 64.0 Å². The summed E-state index contributed by atoms with van der Waals surface area (Å²) in [5, 5.41) is 3.22. The third-order valence-corrected chi connectivity index (χ3v) is 3.67. The Bertz CT molecular complexity index is 589. The van der Waals surface area contributed by atoms with Gasteiger partial charge in [-0.05, 0) is 24.3 Å². The number of hydrogen-bond acceptors (Lipinski definition) is 4. The Balaban J connectivity index is 1.91. The van der Waals surface area contributed by atoms with Crippen molar-refractivity contribution in [2.45, 2.75) is 11.4 Å². The molecule has 0 bridgehead atoms. The molecular formula is C12H15N3O2S. The summed E-state index contributed by atoms with van der Waals surface area (Å²) in [6.07, 6.45) is 6.60. The molecule has 96 valence electrons. The number of nitrogens with one attached hydrogen (secondary N) is 1. The number of benzene rings is 1. The van der Waals surface area contributed by atoms with Crippen LogP contribution in [0.5, 0.6) is 0 Å². The molecule has 0 amide bonds. The summed E-state index contributed by atoms with van der Waals surface area (Å²) in [6, 6.07) is 6.75. The Morgan fingerprint density at radius 2 is 2.00 bits per heavy atom. The van der Waals surface area contributed by atoms with E-state index in [1.807, 2.05) is 10.8 Å². The number of sulfone groups is 1. The first kappa shape index (κ1) is 12.6. The molecule has 0 fully saturated rings. The SMILES string of the molecule is CS(=O)(=O)c1ccc(NCCn2ccnc2)cc1. The Labute approximate surface area is 106 Å². The van der Waals surface area contributed by atoms with E-state index in [4.69, 9.17) is 0 Å². The van der Waals surface area contributed by atoms with Crippen LogP contribution in [-0.4, -0.2) is 30.8 Å².